The lowest BCUT2D eigenvalue weighted by molar-refractivity contribution is -0.143. The zero-order valence-corrected chi connectivity index (χ0v) is 10.8. The minimum Gasteiger partial charge on any atom is -0.347 e. The van der Waals surface area contributed by atoms with Crippen LogP contribution in [0.4, 0.5) is 39.5 Å². The topological polar surface area (TPSA) is 32.3 Å². The van der Waals surface area contributed by atoms with Gasteiger partial charge in [0.2, 0.25) is 0 Å². The molecule has 0 aliphatic heterocycles. The Hall–Kier alpha value is -1.36. The summed E-state index contributed by atoms with van der Waals surface area (Å²) in [6, 6.07) is -0.101. The second-order valence-corrected chi connectivity index (χ2v) is 5.21. The van der Waals surface area contributed by atoms with Crippen LogP contribution in [0.1, 0.15) is 11.1 Å². The zero-order valence-electron chi connectivity index (χ0n) is 9.99. The van der Waals surface area contributed by atoms with Gasteiger partial charge in [-0.1, -0.05) is 12.1 Å². The van der Waals surface area contributed by atoms with Gasteiger partial charge in [-0.15, -0.1) is 10.3 Å². The average molecular weight is 358 g/mol. The summed E-state index contributed by atoms with van der Waals surface area (Å²) in [5, 5.41) is 9.56. The van der Waals surface area contributed by atoms with E-state index in [-0.39, 0.29) is 18.2 Å². The molecular formula is C10H5F9NOS-. The average Bonchev–Trinajstić information content (AvgIpc) is 2.32. The lowest BCUT2D eigenvalue weighted by Gasteiger charge is -2.25. The zero-order chi connectivity index (χ0) is 17.3. The van der Waals surface area contributed by atoms with E-state index in [1.54, 1.807) is 0 Å². The van der Waals surface area contributed by atoms with Crippen LogP contribution in [0.5, 0.6) is 0 Å². The molecule has 12 heteroatoms. The summed E-state index contributed by atoms with van der Waals surface area (Å²) < 4.78 is 112. The van der Waals surface area contributed by atoms with Gasteiger partial charge in [-0.2, -0.15) is 39.5 Å². The molecule has 1 aromatic rings. The van der Waals surface area contributed by atoms with E-state index in [1.165, 1.54) is 0 Å². The number of alkyl halides is 9. The number of rotatable bonds is 0. The Morgan fingerprint density at radius 2 is 1.23 bits per heavy atom. The molecule has 0 spiro atoms. The molecule has 0 saturated carbocycles. The number of hydrogen-bond donors (Lipinski definition) is 2. The molecule has 0 bridgehead atoms. The molecule has 0 fully saturated rings. The maximum absolute atomic E-state index is 12.6. The second kappa shape index (κ2) is 6.03. The van der Waals surface area contributed by atoms with E-state index in [0.29, 0.717) is 4.72 Å². The number of halogens is 9. The normalized spacial score (nSPS) is 13.4. The van der Waals surface area contributed by atoms with Crippen LogP contribution in [-0.4, -0.2) is 11.4 Å². The molecule has 0 aromatic heterocycles. The Labute approximate surface area is 119 Å². The molecule has 22 heavy (non-hydrogen) atoms. The van der Waals surface area contributed by atoms with Gasteiger partial charge in [-0.3, -0.25) is 0 Å². The molecule has 0 aliphatic carbocycles. The molecule has 2 nitrogen and oxygen atoms in total. The first-order valence-corrected chi connectivity index (χ1v) is 6.24. The SMILES string of the molecule is OC#[S-](NC(F)(F)F)c1cc(C(F)(F)F)cc(C(F)(F)F)c1. The molecular weight excluding hydrogens is 353 g/mol. The molecule has 1 aromatic carbocycles. The van der Waals surface area contributed by atoms with Gasteiger partial charge in [-0.25, -0.2) is 0 Å². The molecule has 0 aliphatic rings. The maximum atomic E-state index is 12.6. The first-order chi connectivity index (χ1) is 9.74. The smallest absolute Gasteiger partial charge is 0.347 e. The van der Waals surface area contributed by atoms with Crippen molar-refractivity contribution < 1.29 is 44.6 Å². The highest BCUT2D eigenvalue weighted by Gasteiger charge is 2.36. The summed E-state index contributed by atoms with van der Waals surface area (Å²) in [5.41, 5.74) is -3.59. The predicted octanol–water partition coefficient (Wildman–Crippen LogP) is 4.01. The molecule has 0 atom stereocenters. The number of aliphatic hydroxyl groups excluding tert-OH is 1. The number of hydrogen-bond acceptors (Lipinski definition) is 3. The largest absolute Gasteiger partial charge is 0.439 e. The van der Waals surface area contributed by atoms with Crippen molar-refractivity contribution in [2.45, 2.75) is 23.5 Å². The van der Waals surface area contributed by atoms with E-state index < -0.39 is 45.2 Å². The van der Waals surface area contributed by atoms with Gasteiger partial charge in [0, 0.05) is 0 Å². The van der Waals surface area contributed by atoms with Crippen LogP contribution >= 0.6 is 0 Å². The number of aliphatic hydroxyl groups is 1. The molecule has 1 rings (SSSR count). The van der Waals surface area contributed by atoms with Gasteiger partial charge in [0.1, 0.15) is 0 Å². The van der Waals surface area contributed by atoms with Crippen molar-refractivity contribution in [2.75, 3.05) is 0 Å². The van der Waals surface area contributed by atoms with E-state index >= 15 is 0 Å². The predicted molar refractivity (Wildman–Crippen MR) is 57.1 cm³/mol. The number of nitrogens with one attached hydrogen (secondary N) is 1. The molecule has 0 radical (unpaired) electrons. The highest BCUT2D eigenvalue weighted by atomic mass is 32.2. The summed E-state index contributed by atoms with van der Waals surface area (Å²) >= 11 is 0. The Balaban J connectivity index is 3.50. The van der Waals surface area contributed by atoms with Crippen LogP contribution in [0.3, 0.4) is 0 Å². The molecule has 2 N–H and O–H groups in total. The maximum Gasteiger partial charge on any atom is 0.439 e. The summed E-state index contributed by atoms with van der Waals surface area (Å²) in [6.07, 6.45) is -15.6. The third-order valence-corrected chi connectivity index (χ3v) is 3.43. The van der Waals surface area contributed by atoms with Gasteiger partial charge in [0.15, 0.2) is 0 Å². The molecule has 0 unspecified atom stereocenters. The van der Waals surface area contributed by atoms with Crippen molar-refractivity contribution in [2.24, 2.45) is 0 Å². The lowest BCUT2D eigenvalue weighted by Crippen LogP contribution is -2.32. The van der Waals surface area contributed by atoms with Crippen molar-refractivity contribution in [3.63, 3.8) is 0 Å². The first-order valence-electron chi connectivity index (χ1n) is 5.02. The van der Waals surface area contributed by atoms with Gasteiger partial charge in [0.25, 0.3) is 0 Å². The highest BCUT2D eigenvalue weighted by molar-refractivity contribution is 7.84. The molecule has 126 valence electrons. The first kappa shape index (κ1) is 18.7. The standard InChI is InChI=1S/C10H5F9NOS/c11-8(12,13)5-1-6(9(14,15)16)3-7(2-5)22(4-21)20-10(17,18)19/h1-3,20-21H/q-1. The number of benzene rings is 1. The highest BCUT2D eigenvalue weighted by Crippen LogP contribution is 2.37. The van der Waals surface area contributed by atoms with Crippen LogP contribution in [0.2, 0.25) is 0 Å². The summed E-state index contributed by atoms with van der Waals surface area (Å²) in [6.45, 7) is 0. The second-order valence-electron chi connectivity index (χ2n) is 3.74. The van der Waals surface area contributed by atoms with Gasteiger partial charge in [-0.05, 0) is 6.07 Å². The minimum absolute atomic E-state index is 0.0698. The van der Waals surface area contributed by atoms with Crippen molar-refractivity contribution in [3.05, 3.63) is 29.3 Å². The Morgan fingerprint density at radius 1 is 0.818 bits per heavy atom. The Morgan fingerprint density at radius 3 is 1.50 bits per heavy atom. The fraction of sp³-hybridized carbons (Fsp3) is 0.300. The fourth-order valence-electron chi connectivity index (χ4n) is 1.29. The van der Waals surface area contributed by atoms with E-state index in [2.05, 4.69) is 0 Å². The van der Waals surface area contributed by atoms with E-state index in [9.17, 15) is 39.5 Å². The lowest BCUT2D eigenvalue weighted by atomic mass is 10.1. The van der Waals surface area contributed by atoms with Crippen LogP contribution in [0.15, 0.2) is 23.1 Å². The monoisotopic (exact) mass is 358 g/mol. The minimum atomic E-state index is -5.21. The van der Waals surface area contributed by atoms with Gasteiger partial charge < -0.3 is 20.3 Å². The van der Waals surface area contributed by atoms with Gasteiger partial charge in [0.05, 0.1) is 11.1 Å². The summed E-state index contributed by atoms with van der Waals surface area (Å²) in [4.78, 5) is -1.07. The van der Waals surface area contributed by atoms with Crippen LogP contribution in [0, 0.1) is 5.37 Å². The van der Waals surface area contributed by atoms with E-state index in [4.69, 9.17) is 5.11 Å². The van der Waals surface area contributed by atoms with Crippen LogP contribution < -0.4 is 4.72 Å². The van der Waals surface area contributed by atoms with Crippen molar-refractivity contribution in [1.82, 2.24) is 4.72 Å². The molecule has 0 saturated heterocycles. The summed E-state index contributed by atoms with van der Waals surface area (Å²) in [7, 11) is -2.72. The Bertz CT molecular complexity index is 600. The Kier molecular flexibility index (Phi) is 5.12. The van der Waals surface area contributed by atoms with Crippen LogP contribution in [0.25, 0.3) is 0 Å². The quantitative estimate of drug-likeness (QED) is 0.417. The molecule has 0 amide bonds. The van der Waals surface area contributed by atoms with Gasteiger partial charge >= 0.3 is 18.7 Å². The summed E-state index contributed by atoms with van der Waals surface area (Å²) in [5.74, 6) is 0. The fourth-order valence-corrected chi connectivity index (χ4v) is 2.28. The van der Waals surface area contributed by atoms with Crippen molar-refractivity contribution in [3.8, 4) is 5.37 Å². The van der Waals surface area contributed by atoms with E-state index in [0.717, 1.165) is 5.37 Å². The van der Waals surface area contributed by atoms with Crippen molar-refractivity contribution in [1.29, 1.82) is 0 Å². The van der Waals surface area contributed by atoms with Crippen LogP contribution in [-0.2, 0) is 22.8 Å². The van der Waals surface area contributed by atoms with E-state index in [1.807, 2.05) is 0 Å². The third-order valence-electron chi connectivity index (χ3n) is 2.11. The van der Waals surface area contributed by atoms with Crippen molar-refractivity contribution >= 4 is 10.5 Å². The third kappa shape index (κ3) is 5.13. The molecule has 0 heterocycles.